The van der Waals surface area contributed by atoms with Crippen LogP contribution in [-0.2, 0) is 0 Å². The number of hydrogen-bond acceptors (Lipinski definition) is 6. The van der Waals surface area contributed by atoms with Crippen molar-refractivity contribution in [3.63, 3.8) is 0 Å². The molecule has 0 amide bonds. The second-order valence-corrected chi connectivity index (χ2v) is 6.68. The van der Waals surface area contributed by atoms with Crippen LogP contribution in [0.2, 0.25) is 0 Å². The number of pyridine rings is 1. The molecule has 0 spiro atoms. The van der Waals surface area contributed by atoms with Crippen LogP contribution in [0.4, 0.5) is 11.5 Å². The lowest BCUT2D eigenvalue weighted by molar-refractivity contribution is 0.0518. The first-order chi connectivity index (χ1) is 12.3. The van der Waals surface area contributed by atoms with Crippen LogP contribution in [0.1, 0.15) is 12.8 Å². The molecule has 2 atom stereocenters. The number of aromatic nitrogens is 1. The predicted octanol–water partition coefficient (Wildman–Crippen LogP) is 2.38. The molecule has 0 radical (unpaired) electrons. The van der Waals surface area contributed by atoms with Crippen molar-refractivity contribution >= 4 is 11.5 Å². The van der Waals surface area contributed by atoms with Crippen LogP contribution in [0.15, 0.2) is 42.6 Å². The first-order valence-corrected chi connectivity index (χ1v) is 8.86. The summed E-state index contributed by atoms with van der Waals surface area (Å²) < 4.78 is 11.9. The molecule has 0 bridgehead atoms. The highest BCUT2D eigenvalue weighted by Gasteiger charge is 2.26. The van der Waals surface area contributed by atoms with Crippen molar-refractivity contribution in [2.45, 2.75) is 25.0 Å². The number of para-hydroxylation sites is 2. The summed E-state index contributed by atoms with van der Waals surface area (Å²) in [6.07, 6.45) is 4.07. The Balaban J connectivity index is 1.34. The van der Waals surface area contributed by atoms with Gasteiger partial charge in [0.2, 0.25) is 0 Å². The molecule has 6 nitrogen and oxygen atoms in total. The Morgan fingerprint density at radius 3 is 2.96 bits per heavy atom. The quantitative estimate of drug-likeness (QED) is 0.890. The van der Waals surface area contributed by atoms with E-state index < -0.39 is 0 Å². The number of rotatable bonds is 4. The van der Waals surface area contributed by atoms with Crippen LogP contribution < -0.4 is 20.5 Å². The van der Waals surface area contributed by atoms with Crippen LogP contribution in [0.3, 0.4) is 0 Å². The Labute approximate surface area is 147 Å². The molecule has 0 saturated carbocycles. The average molecular weight is 340 g/mol. The molecule has 132 valence electrons. The summed E-state index contributed by atoms with van der Waals surface area (Å²) in [5.74, 6) is 2.23. The zero-order valence-electron chi connectivity index (χ0n) is 14.2. The number of nitrogen functional groups attached to an aromatic ring is 1. The standard InChI is InChI=1S/C19H24N4O2/c20-19-16(6-3-9-21-19)22-14-5-4-10-23(11-14)12-15-13-24-17-7-1-2-8-18(17)25-15/h1-3,6-9,14-15,22H,4-5,10-13H2,(H2,20,21). The average Bonchev–Trinajstić information content (AvgIpc) is 2.64. The van der Waals surface area contributed by atoms with Gasteiger partial charge in [0.05, 0.1) is 5.69 Å². The molecule has 0 aliphatic carbocycles. The van der Waals surface area contributed by atoms with Gasteiger partial charge in [0.15, 0.2) is 11.5 Å². The second-order valence-electron chi connectivity index (χ2n) is 6.68. The highest BCUT2D eigenvalue weighted by Crippen LogP contribution is 2.31. The largest absolute Gasteiger partial charge is 0.486 e. The second kappa shape index (κ2) is 7.19. The topological polar surface area (TPSA) is 72.6 Å². The van der Waals surface area contributed by atoms with Gasteiger partial charge < -0.3 is 20.5 Å². The summed E-state index contributed by atoms with van der Waals surface area (Å²) in [4.78, 5) is 6.58. The lowest BCUT2D eigenvalue weighted by Crippen LogP contribution is -2.48. The lowest BCUT2D eigenvalue weighted by atomic mass is 10.0. The first kappa shape index (κ1) is 16.0. The fourth-order valence-corrected chi connectivity index (χ4v) is 3.54. The Hall–Kier alpha value is -2.47. The van der Waals surface area contributed by atoms with E-state index in [2.05, 4.69) is 15.2 Å². The van der Waals surface area contributed by atoms with Gasteiger partial charge in [-0.25, -0.2) is 4.98 Å². The molecule has 1 saturated heterocycles. The summed E-state index contributed by atoms with van der Waals surface area (Å²) in [5.41, 5.74) is 6.86. The number of anilines is 2. The fourth-order valence-electron chi connectivity index (χ4n) is 3.54. The SMILES string of the molecule is Nc1ncccc1NC1CCCN(CC2COc3ccccc3O2)C1. The molecular formula is C19H24N4O2. The van der Waals surface area contributed by atoms with E-state index in [1.165, 1.54) is 0 Å². The van der Waals surface area contributed by atoms with Crippen molar-refractivity contribution in [2.75, 3.05) is 37.3 Å². The summed E-state index contributed by atoms with van der Waals surface area (Å²) >= 11 is 0. The molecule has 1 aromatic carbocycles. The number of likely N-dealkylation sites (tertiary alicyclic amines) is 1. The molecule has 6 heteroatoms. The van der Waals surface area contributed by atoms with Gasteiger partial charge >= 0.3 is 0 Å². The number of nitrogens with two attached hydrogens (primary N) is 1. The minimum atomic E-state index is 0.0668. The number of benzene rings is 1. The number of nitrogens with one attached hydrogen (secondary N) is 1. The maximum Gasteiger partial charge on any atom is 0.161 e. The molecular weight excluding hydrogens is 316 g/mol. The van der Waals surface area contributed by atoms with Crippen LogP contribution in [0.25, 0.3) is 0 Å². The maximum atomic E-state index is 6.09. The normalized spacial score (nSPS) is 23.2. The third-order valence-corrected chi connectivity index (χ3v) is 4.73. The zero-order chi connectivity index (χ0) is 17.1. The Morgan fingerprint density at radius 1 is 1.20 bits per heavy atom. The predicted molar refractivity (Wildman–Crippen MR) is 98.1 cm³/mol. The van der Waals surface area contributed by atoms with Crippen LogP contribution >= 0.6 is 0 Å². The van der Waals surface area contributed by atoms with Crippen molar-refractivity contribution in [1.82, 2.24) is 9.88 Å². The van der Waals surface area contributed by atoms with Gasteiger partial charge in [0, 0.05) is 25.3 Å². The molecule has 2 aliphatic heterocycles. The number of ether oxygens (including phenoxy) is 2. The maximum absolute atomic E-state index is 6.09. The summed E-state index contributed by atoms with van der Waals surface area (Å²) in [7, 11) is 0. The molecule has 3 heterocycles. The van der Waals surface area contributed by atoms with Crippen molar-refractivity contribution in [3.05, 3.63) is 42.6 Å². The molecule has 1 aromatic heterocycles. The summed E-state index contributed by atoms with van der Waals surface area (Å²) in [6, 6.07) is 12.1. The smallest absolute Gasteiger partial charge is 0.161 e. The van der Waals surface area contributed by atoms with Crippen LogP contribution in [0.5, 0.6) is 11.5 Å². The highest BCUT2D eigenvalue weighted by molar-refractivity contribution is 5.61. The molecule has 2 aliphatic rings. The van der Waals surface area contributed by atoms with E-state index >= 15 is 0 Å². The van der Waals surface area contributed by atoms with Gasteiger partial charge in [0.1, 0.15) is 18.5 Å². The van der Waals surface area contributed by atoms with E-state index in [0.717, 1.165) is 49.7 Å². The van der Waals surface area contributed by atoms with Crippen LogP contribution in [0, 0.1) is 0 Å². The number of hydrogen-bond donors (Lipinski definition) is 2. The van der Waals surface area contributed by atoms with E-state index in [1.807, 2.05) is 36.4 Å². The van der Waals surface area contributed by atoms with Crippen LogP contribution in [-0.4, -0.2) is 48.3 Å². The Kier molecular flexibility index (Phi) is 4.61. The van der Waals surface area contributed by atoms with E-state index in [9.17, 15) is 0 Å². The van der Waals surface area contributed by atoms with Gasteiger partial charge in [0.25, 0.3) is 0 Å². The minimum Gasteiger partial charge on any atom is -0.486 e. The van der Waals surface area contributed by atoms with E-state index in [0.29, 0.717) is 18.5 Å². The minimum absolute atomic E-state index is 0.0668. The third-order valence-electron chi connectivity index (χ3n) is 4.73. The summed E-state index contributed by atoms with van der Waals surface area (Å²) in [6.45, 7) is 3.52. The van der Waals surface area contributed by atoms with Crippen molar-refractivity contribution < 1.29 is 9.47 Å². The van der Waals surface area contributed by atoms with Gasteiger partial charge in [-0.05, 0) is 43.7 Å². The van der Waals surface area contributed by atoms with Gasteiger partial charge in [-0.3, -0.25) is 4.90 Å². The number of piperidine rings is 1. The summed E-state index contributed by atoms with van der Waals surface area (Å²) in [5, 5.41) is 3.53. The van der Waals surface area contributed by atoms with Gasteiger partial charge in [-0.15, -0.1) is 0 Å². The number of fused-ring (bicyclic) bond motifs is 1. The van der Waals surface area contributed by atoms with E-state index in [4.69, 9.17) is 15.2 Å². The van der Waals surface area contributed by atoms with Gasteiger partial charge in [-0.2, -0.15) is 0 Å². The third kappa shape index (κ3) is 3.79. The van der Waals surface area contributed by atoms with Crippen molar-refractivity contribution in [3.8, 4) is 11.5 Å². The molecule has 1 fully saturated rings. The Morgan fingerprint density at radius 2 is 2.08 bits per heavy atom. The van der Waals surface area contributed by atoms with Crippen molar-refractivity contribution in [2.24, 2.45) is 0 Å². The highest BCUT2D eigenvalue weighted by atomic mass is 16.6. The van der Waals surface area contributed by atoms with Crippen molar-refractivity contribution in [1.29, 1.82) is 0 Å². The fraction of sp³-hybridized carbons (Fsp3) is 0.421. The Bertz CT molecular complexity index is 724. The lowest BCUT2D eigenvalue weighted by Gasteiger charge is -2.36. The molecule has 2 unspecified atom stereocenters. The molecule has 3 N–H and O–H groups in total. The molecule has 25 heavy (non-hydrogen) atoms. The molecule has 2 aromatic rings. The monoisotopic (exact) mass is 340 g/mol. The van der Waals surface area contributed by atoms with E-state index in [-0.39, 0.29) is 6.10 Å². The molecule has 4 rings (SSSR count). The number of nitrogens with zero attached hydrogens (tertiary/aromatic N) is 2. The van der Waals surface area contributed by atoms with E-state index in [1.54, 1.807) is 6.20 Å². The zero-order valence-corrected chi connectivity index (χ0v) is 14.2. The first-order valence-electron chi connectivity index (χ1n) is 8.86. The van der Waals surface area contributed by atoms with Gasteiger partial charge in [-0.1, -0.05) is 12.1 Å².